The Morgan fingerprint density at radius 2 is 2.42 bits per heavy atom. The van der Waals surface area contributed by atoms with E-state index in [1.807, 2.05) is 7.05 Å². The molecule has 0 amide bonds. The van der Waals surface area contributed by atoms with Crippen molar-refractivity contribution in [2.24, 2.45) is 0 Å². The number of likely N-dealkylation sites (N-methyl/N-ethyl adjacent to an activating group) is 1. The lowest BCUT2D eigenvalue weighted by Crippen LogP contribution is -2.42. The van der Waals surface area contributed by atoms with Crippen LogP contribution in [0.1, 0.15) is 13.3 Å². The van der Waals surface area contributed by atoms with Gasteiger partial charge in [-0.25, -0.2) is 0 Å². The van der Waals surface area contributed by atoms with E-state index in [1.165, 1.54) is 0 Å². The average molecular weight is 172 g/mol. The lowest BCUT2D eigenvalue weighted by atomic mass is 10.2. The Bertz CT molecular complexity index is 172. The van der Waals surface area contributed by atoms with Crippen LogP contribution in [0.25, 0.3) is 0 Å². The quantitative estimate of drug-likeness (QED) is 0.616. The number of aliphatic carboxylic acids is 1. The summed E-state index contributed by atoms with van der Waals surface area (Å²) in [4.78, 5) is 12.7. The molecule has 1 aliphatic heterocycles. The summed E-state index contributed by atoms with van der Waals surface area (Å²) in [5, 5.41) is 11.7. The number of nitrogens with one attached hydrogen (secondary N) is 1. The SMILES string of the molecule is C[C@H](N[C@@H]1CCN(C)C1)C(=O)O. The summed E-state index contributed by atoms with van der Waals surface area (Å²) in [6.07, 6.45) is 1.05. The van der Waals surface area contributed by atoms with Crippen molar-refractivity contribution in [3.8, 4) is 0 Å². The highest BCUT2D eigenvalue weighted by Gasteiger charge is 2.22. The van der Waals surface area contributed by atoms with Crippen molar-refractivity contribution in [3.05, 3.63) is 0 Å². The molecule has 1 fully saturated rings. The van der Waals surface area contributed by atoms with E-state index in [2.05, 4.69) is 10.2 Å². The van der Waals surface area contributed by atoms with Gasteiger partial charge in [0.05, 0.1) is 0 Å². The maximum atomic E-state index is 10.5. The van der Waals surface area contributed by atoms with E-state index in [-0.39, 0.29) is 0 Å². The van der Waals surface area contributed by atoms with Crippen LogP contribution in [0.2, 0.25) is 0 Å². The number of hydrogen-bond donors (Lipinski definition) is 2. The molecule has 1 rings (SSSR count). The molecule has 0 saturated carbocycles. The number of likely N-dealkylation sites (tertiary alicyclic amines) is 1. The van der Waals surface area contributed by atoms with Crippen LogP contribution >= 0.6 is 0 Å². The first-order valence-electron chi connectivity index (χ1n) is 4.27. The van der Waals surface area contributed by atoms with Gasteiger partial charge in [-0.3, -0.25) is 4.79 Å². The third-order valence-corrected chi connectivity index (χ3v) is 2.25. The minimum absolute atomic E-state index is 0.348. The normalized spacial score (nSPS) is 27.3. The molecule has 12 heavy (non-hydrogen) atoms. The predicted molar refractivity (Wildman–Crippen MR) is 46.1 cm³/mol. The lowest BCUT2D eigenvalue weighted by molar-refractivity contribution is -0.139. The molecule has 0 bridgehead atoms. The van der Waals surface area contributed by atoms with Crippen LogP contribution in [0.15, 0.2) is 0 Å². The molecule has 0 spiro atoms. The summed E-state index contributed by atoms with van der Waals surface area (Å²) < 4.78 is 0. The zero-order valence-corrected chi connectivity index (χ0v) is 7.58. The molecular weight excluding hydrogens is 156 g/mol. The molecule has 2 N–H and O–H groups in total. The van der Waals surface area contributed by atoms with Crippen molar-refractivity contribution in [2.45, 2.75) is 25.4 Å². The van der Waals surface area contributed by atoms with E-state index in [9.17, 15) is 4.79 Å². The molecule has 0 aromatic heterocycles. The molecule has 0 aromatic carbocycles. The Morgan fingerprint density at radius 1 is 1.75 bits per heavy atom. The third-order valence-electron chi connectivity index (χ3n) is 2.25. The molecule has 4 heteroatoms. The van der Waals surface area contributed by atoms with E-state index in [0.717, 1.165) is 19.5 Å². The molecule has 4 nitrogen and oxygen atoms in total. The zero-order valence-electron chi connectivity index (χ0n) is 7.58. The number of carboxylic acid groups (broad SMARTS) is 1. The van der Waals surface area contributed by atoms with E-state index < -0.39 is 12.0 Å². The van der Waals surface area contributed by atoms with E-state index >= 15 is 0 Å². The van der Waals surface area contributed by atoms with Gasteiger partial charge in [-0.15, -0.1) is 0 Å². The van der Waals surface area contributed by atoms with Crippen molar-refractivity contribution in [3.63, 3.8) is 0 Å². The number of nitrogens with zero attached hydrogens (tertiary/aromatic N) is 1. The fourth-order valence-corrected chi connectivity index (χ4v) is 1.50. The molecule has 70 valence electrons. The Labute approximate surface area is 72.6 Å². The second kappa shape index (κ2) is 3.87. The smallest absolute Gasteiger partial charge is 0.320 e. The van der Waals surface area contributed by atoms with Gasteiger partial charge in [-0.2, -0.15) is 0 Å². The minimum atomic E-state index is -0.774. The van der Waals surface area contributed by atoms with Gasteiger partial charge in [0.15, 0.2) is 0 Å². The molecule has 1 saturated heterocycles. The predicted octanol–water partition coefficient (Wildman–Crippen LogP) is -0.247. The van der Waals surface area contributed by atoms with Gasteiger partial charge in [0, 0.05) is 12.6 Å². The Morgan fingerprint density at radius 3 is 2.83 bits per heavy atom. The maximum absolute atomic E-state index is 10.5. The topological polar surface area (TPSA) is 52.6 Å². The monoisotopic (exact) mass is 172 g/mol. The van der Waals surface area contributed by atoms with Crippen molar-refractivity contribution < 1.29 is 9.90 Å². The molecule has 2 atom stereocenters. The fourth-order valence-electron chi connectivity index (χ4n) is 1.50. The first-order chi connectivity index (χ1) is 5.59. The number of carboxylic acids is 1. The van der Waals surface area contributed by atoms with Crippen molar-refractivity contribution in [1.29, 1.82) is 0 Å². The number of hydrogen-bond acceptors (Lipinski definition) is 3. The number of carbonyl (C=O) groups is 1. The van der Waals surface area contributed by atoms with Gasteiger partial charge in [-0.05, 0) is 26.9 Å². The molecule has 0 aliphatic carbocycles. The Balaban J connectivity index is 2.27. The molecule has 0 radical (unpaired) electrons. The van der Waals surface area contributed by atoms with Crippen LogP contribution in [0.4, 0.5) is 0 Å². The van der Waals surface area contributed by atoms with Gasteiger partial charge in [-0.1, -0.05) is 0 Å². The van der Waals surface area contributed by atoms with Crippen LogP contribution < -0.4 is 5.32 Å². The zero-order chi connectivity index (χ0) is 9.14. The van der Waals surface area contributed by atoms with E-state index in [4.69, 9.17) is 5.11 Å². The summed E-state index contributed by atoms with van der Waals surface area (Å²) >= 11 is 0. The highest BCUT2D eigenvalue weighted by Crippen LogP contribution is 2.06. The second-order valence-electron chi connectivity index (χ2n) is 3.47. The van der Waals surface area contributed by atoms with Gasteiger partial charge >= 0.3 is 5.97 Å². The van der Waals surface area contributed by atoms with Gasteiger partial charge in [0.25, 0.3) is 0 Å². The molecular formula is C8H16N2O2. The van der Waals surface area contributed by atoms with Crippen LogP contribution in [0, 0.1) is 0 Å². The summed E-state index contributed by atoms with van der Waals surface area (Å²) in [7, 11) is 2.05. The summed E-state index contributed by atoms with van der Waals surface area (Å²) in [6, 6.07) is -0.0809. The molecule has 1 aliphatic rings. The Hall–Kier alpha value is -0.610. The standard InChI is InChI=1S/C8H16N2O2/c1-6(8(11)12)9-7-3-4-10(2)5-7/h6-7,9H,3-5H2,1-2H3,(H,11,12)/t6-,7+/m0/s1. The molecule has 0 unspecified atom stereocenters. The summed E-state index contributed by atoms with van der Waals surface area (Å²) in [5.41, 5.74) is 0. The minimum Gasteiger partial charge on any atom is -0.480 e. The highest BCUT2D eigenvalue weighted by molar-refractivity contribution is 5.72. The van der Waals surface area contributed by atoms with Crippen LogP contribution in [-0.2, 0) is 4.79 Å². The lowest BCUT2D eigenvalue weighted by Gasteiger charge is -2.15. The first kappa shape index (κ1) is 9.48. The van der Waals surface area contributed by atoms with Crippen molar-refractivity contribution >= 4 is 5.97 Å². The van der Waals surface area contributed by atoms with Crippen molar-refractivity contribution in [2.75, 3.05) is 20.1 Å². The van der Waals surface area contributed by atoms with Gasteiger partial charge < -0.3 is 15.3 Å². The van der Waals surface area contributed by atoms with Gasteiger partial charge in [0.2, 0.25) is 0 Å². The van der Waals surface area contributed by atoms with Crippen LogP contribution in [0.5, 0.6) is 0 Å². The molecule has 1 heterocycles. The summed E-state index contributed by atoms with van der Waals surface area (Å²) in [6.45, 7) is 3.70. The first-order valence-corrected chi connectivity index (χ1v) is 4.27. The number of rotatable bonds is 3. The third kappa shape index (κ3) is 2.46. The van der Waals surface area contributed by atoms with Crippen LogP contribution in [0.3, 0.4) is 0 Å². The van der Waals surface area contributed by atoms with Crippen molar-refractivity contribution in [1.82, 2.24) is 10.2 Å². The Kier molecular flexibility index (Phi) is 3.05. The van der Waals surface area contributed by atoms with Gasteiger partial charge in [0.1, 0.15) is 6.04 Å². The highest BCUT2D eigenvalue weighted by atomic mass is 16.4. The molecule has 0 aromatic rings. The van der Waals surface area contributed by atoms with E-state index in [0.29, 0.717) is 6.04 Å². The largest absolute Gasteiger partial charge is 0.480 e. The maximum Gasteiger partial charge on any atom is 0.320 e. The summed E-state index contributed by atoms with van der Waals surface area (Å²) in [5.74, 6) is -0.774. The second-order valence-corrected chi connectivity index (χ2v) is 3.47. The van der Waals surface area contributed by atoms with Crippen LogP contribution in [-0.4, -0.2) is 48.2 Å². The fraction of sp³-hybridized carbons (Fsp3) is 0.875. The average Bonchev–Trinajstić information content (AvgIpc) is 2.35. The van der Waals surface area contributed by atoms with E-state index in [1.54, 1.807) is 6.92 Å².